The standard InChI is InChI=1S/C20H19N5O4S2/c21-12-15-3-5-16(6-4-15)31(27,28)25-9-7-24(8-10-25)13-19(26)23-20-22-17(14-30-20)18-2-1-11-29-18/h1-6,11,14H,7-10,13H2,(H,22,23,26). The number of furan rings is 1. The van der Waals surface area contributed by atoms with Gasteiger partial charge in [-0.2, -0.15) is 9.57 Å². The van der Waals surface area contributed by atoms with E-state index in [4.69, 9.17) is 9.68 Å². The minimum Gasteiger partial charge on any atom is -0.463 e. The predicted molar refractivity (Wildman–Crippen MR) is 115 cm³/mol. The number of rotatable bonds is 6. The number of anilines is 1. The number of hydrogen-bond acceptors (Lipinski definition) is 8. The molecule has 0 saturated carbocycles. The Labute approximate surface area is 183 Å². The molecule has 1 fully saturated rings. The van der Waals surface area contributed by atoms with Gasteiger partial charge < -0.3 is 9.73 Å². The first-order chi connectivity index (χ1) is 15.0. The molecule has 11 heteroatoms. The van der Waals surface area contributed by atoms with Gasteiger partial charge in [0, 0.05) is 31.6 Å². The average Bonchev–Trinajstić information content (AvgIpc) is 3.46. The predicted octanol–water partition coefficient (Wildman–Crippen LogP) is 2.22. The molecule has 1 amide bonds. The summed E-state index contributed by atoms with van der Waals surface area (Å²) in [6, 6.07) is 11.4. The van der Waals surface area contributed by atoms with Crippen LogP contribution in [0.2, 0.25) is 0 Å². The van der Waals surface area contributed by atoms with Crippen molar-refractivity contribution in [1.82, 2.24) is 14.2 Å². The Balaban J connectivity index is 1.29. The summed E-state index contributed by atoms with van der Waals surface area (Å²) >= 11 is 1.31. The van der Waals surface area contributed by atoms with E-state index in [2.05, 4.69) is 10.3 Å². The van der Waals surface area contributed by atoms with Gasteiger partial charge in [0.15, 0.2) is 10.9 Å². The summed E-state index contributed by atoms with van der Waals surface area (Å²) in [5.74, 6) is 0.431. The van der Waals surface area contributed by atoms with Crippen molar-refractivity contribution in [3.05, 3.63) is 53.6 Å². The first-order valence-corrected chi connectivity index (χ1v) is 11.8. The molecule has 1 aliphatic heterocycles. The molecule has 0 atom stereocenters. The Morgan fingerprint density at radius 1 is 1.19 bits per heavy atom. The van der Waals surface area contributed by atoms with Crippen LogP contribution in [0.4, 0.5) is 5.13 Å². The topological polar surface area (TPSA) is 120 Å². The Bertz CT molecular complexity index is 1190. The fourth-order valence-corrected chi connectivity index (χ4v) is 5.35. The molecule has 0 bridgehead atoms. The van der Waals surface area contributed by atoms with Crippen molar-refractivity contribution >= 4 is 32.4 Å². The summed E-state index contributed by atoms with van der Waals surface area (Å²) in [4.78, 5) is 18.8. The lowest BCUT2D eigenvalue weighted by Crippen LogP contribution is -2.50. The number of nitrogens with one attached hydrogen (secondary N) is 1. The lowest BCUT2D eigenvalue weighted by atomic mass is 10.2. The van der Waals surface area contributed by atoms with Gasteiger partial charge in [-0.05, 0) is 36.4 Å². The number of hydrogen-bond donors (Lipinski definition) is 1. The zero-order chi connectivity index (χ0) is 21.8. The van der Waals surface area contributed by atoms with Crippen LogP contribution in [0.15, 0.2) is 57.4 Å². The smallest absolute Gasteiger partial charge is 0.243 e. The monoisotopic (exact) mass is 457 g/mol. The number of carbonyl (C=O) groups excluding carboxylic acids is 1. The molecule has 4 rings (SSSR count). The third kappa shape index (κ3) is 4.83. The number of piperazine rings is 1. The molecular weight excluding hydrogens is 438 g/mol. The Hall–Kier alpha value is -3.04. The molecule has 2 aromatic heterocycles. The molecule has 31 heavy (non-hydrogen) atoms. The SMILES string of the molecule is N#Cc1ccc(S(=O)(=O)N2CCN(CC(=O)Nc3nc(-c4ccco4)cs3)CC2)cc1. The Kier molecular flexibility index (Phi) is 6.15. The van der Waals surface area contributed by atoms with Gasteiger partial charge in [-0.15, -0.1) is 11.3 Å². The molecular formula is C20H19N5O4S2. The number of benzene rings is 1. The molecule has 1 saturated heterocycles. The number of thiazole rings is 1. The molecule has 0 spiro atoms. The molecule has 3 aromatic rings. The first-order valence-electron chi connectivity index (χ1n) is 9.47. The van der Waals surface area contributed by atoms with Gasteiger partial charge in [-0.3, -0.25) is 9.69 Å². The third-order valence-corrected chi connectivity index (χ3v) is 7.51. The maximum Gasteiger partial charge on any atom is 0.243 e. The van der Waals surface area contributed by atoms with Gasteiger partial charge in [-0.1, -0.05) is 0 Å². The highest BCUT2D eigenvalue weighted by atomic mass is 32.2. The van der Waals surface area contributed by atoms with E-state index >= 15 is 0 Å². The molecule has 0 aliphatic carbocycles. The highest BCUT2D eigenvalue weighted by molar-refractivity contribution is 7.89. The highest BCUT2D eigenvalue weighted by Crippen LogP contribution is 2.25. The Morgan fingerprint density at radius 2 is 1.94 bits per heavy atom. The molecule has 9 nitrogen and oxygen atoms in total. The zero-order valence-corrected chi connectivity index (χ0v) is 18.0. The van der Waals surface area contributed by atoms with Gasteiger partial charge in [0.05, 0.1) is 29.3 Å². The van der Waals surface area contributed by atoms with Crippen molar-refractivity contribution in [2.45, 2.75) is 4.90 Å². The van der Waals surface area contributed by atoms with E-state index in [9.17, 15) is 13.2 Å². The van der Waals surface area contributed by atoms with Crippen LogP contribution in [0.3, 0.4) is 0 Å². The number of nitriles is 1. The van der Waals surface area contributed by atoms with Crippen molar-refractivity contribution in [2.24, 2.45) is 0 Å². The fraction of sp³-hybridized carbons (Fsp3) is 0.250. The number of amides is 1. The number of nitrogens with zero attached hydrogens (tertiary/aromatic N) is 4. The highest BCUT2D eigenvalue weighted by Gasteiger charge is 2.29. The van der Waals surface area contributed by atoms with Gasteiger partial charge in [-0.25, -0.2) is 13.4 Å². The summed E-state index contributed by atoms with van der Waals surface area (Å²) in [5.41, 5.74) is 1.07. The van der Waals surface area contributed by atoms with E-state index in [0.717, 1.165) is 0 Å². The van der Waals surface area contributed by atoms with E-state index in [0.29, 0.717) is 35.2 Å². The summed E-state index contributed by atoms with van der Waals surface area (Å²) in [7, 11) is -3.63. The van der Waals surface area contributed by atoms with Crippen molar-refractivity contribution in [1.29, 1.82) is 5.26 Å². The van der Waals surface area contributed by atoms with E-state index in [-0.39, 0.29) is 30.4 Å². The molecule has 1 aromatic carbocycles. The van der Waals surface area contributed by atoms with Crippen LogP contribution in [-0.2, 0) is 14.8 Å². The van der Waals surface area contributed by atoms with Crippen molar-refractivity contribution in [3.8, 4) is 17.5 Å². The summed E-state index contributed by atoms with van der Waals surface area (Å²) in [5, 5.41) is 13.9. The quantitative estimate of drug-likeness (QED) is 0.603. The van der Waals surface area contributed by atoms with Crippen molar-refractivity contribution in [2.75, 3.05) is 38.0 Å². The number of aromatic nitrogens is 1. The van der Waals surface area contributed by atoms with Crippen LogP contribution in [-0.4, -0.2) is 61.2 Å². The van der Waals surface area contributed by atoms with Gasteiger partial charge in [0.2, 0.25) is 15.9 Å². The van der Waals surface area contributed by atoms with E-state index in [1.165, 1.54) is 39.9 Å². The minimum absolute atomic E-state index is 0.153. The van der Waals surface area contributed by atoms with Crippen LogP contribution >= 0.6 is 11.3 Å². The van der Waals surface area contributed by atoms with Crippen LogP contribution in [0.25, 0.3) is 11.5 Å². The Morgan fingerprint density at radius 3 is 2.58 bits per heavy atom. The van der Waals surface area contributed by atoms with Crippen LogP contribution in [0.1, 0.15) is 5.56 Å². The lowest BCUT2D eigenvalue weighted by molar-refractivity contribution is -0.117. The summed E-state index contributed by atoms with van der Waals surface area (Å²) < 4.78 is 32.3. The minimum atomic E-state index is -3.63. The normalized spacial score (nSPS) is 15.5. The van der Waals surface area contributed by atoms with E-state index in [1.807, 2.05) is 11.0 Å². The number of carbonyl (C=O) groups is 1. The fourth-order valence-electron chi connectivity index (χ4n) is 3.21. The molecule has 1 N–H and O–H groups in total. The zero-order valence-electron chi connectivity index (χ0n) is 16.4. The first kappa shape index (κ1) is 21.2. The third-order valence-electron chi connectivity index (χ3n) is 4.84. The van der Waals surface area contributed by atoms with Crippen molar-refractivity contribution in [3.63, 3.8) is 0 Å². The van der Waals surface area contributed by atoms with Crippen LogP contribution in [0.5, 0.6) is 0 Å². The van der Waals surface area contributed by atoms with E-state index in [1.54, 1.807) is 23.8 Å². The molecule has 1 aliphatic rings. The summed E-state index contributed by atoms with van der Waals surface area (Å²) in [6.07, 6.45) is 1.56. The largest absolute Gasteiger partial charge is 0.463 e. The van der Waals surface area contributed by atoms with Crippen molar-refractivity contribution < 1.29 is 17.6 Å². The summed E-state index contributed by atoms with van der Waals surface area (Å²) in [6.45, 7) is 1.61. The average molecular weight is 458 g/mol. The van der Waals surface area contributed by atoms with Gasteiger partial charge >= 0.3 is 0 Å². The molecule has 160 valence electrons. The second-order valence-corrected chi connectivity index (χ2v) is 9.68. The molecule has 0 radical (unpaired) electrons. The maximum absolute atomic E-state index is 12.8. The lowest BCUT2D eigenvalue weighted by Gasteiger charge is -2.33. The second-order valence-electron chi connectivity index (χ2n) is 6.88. The van der Waals surface area contributed by atoms with Gasteiger partial charge in [0.25, 0.3) is 0 Å². The van der Waals surface area contributed by atoms with Gasteiger partial charge in [0.1, 0.15) is 5.69 Å². The number of sulfonamides is 1. The van der Waals surface area contributed by atoms with E-state index < -0.39 is 10.0 Å². The molecule has 3 heterocycles. The molecule has 0 unspecified atom stereocenters. The van der Waals surface area contributed by atoms with Crippen LogP contribution in [0, 0.1) is 11.3 Å². The maximum atomic E-state index is 12.8. The second kappa shape index (κ2) is 8.99. The van der Waals surface area contributed by atoms with Crippen LogP contribution < -0.4 is 5.32 Å².